The summed E-state index contributed by atoms with van der Waals surface area (Å²) >= 11 is 0. The normalized spacial score (nSPS) is 19.6. The van der Waals surface area contributed by atoms with Crippen LogP contribution in [0.25, 0.3) is 0 Å². The molecule has 1 aromatic carbocycles. The SMILES string of the molecule is COC(=O)c1ccc(N2CCCC2)c(NC(=O)C2=CC=CN3CCS(=O)(=O)N=C23)c1. The number of anilines is 2. The number of sulfonamides is 1. The van der Waals surface area contributed by atoms with Crippen molar-refractivity contribution in [2.24, 2.45) is 4.40 Å². The number of amides is 1. The van der Waals surface area contributed by atoms with E-state index in [2.05, 4.69) is 14.6 Å². The molecule has 9 nitrogen and oxygen atoms in total. The second-order valence-corrected chi connectivity index (χ2v) is 8.94. The van der Waals surface area contributed by atoms with Crippen molar-refractivity contribution in [1.82, 2.24) is 4.90 Å². The van der Waals surface area contributed by atoms with E-state index in [1.54, 1.807) is 35.4 Å². The number of ether oxygens (including phenoxy) is 1. The number of carbonyl (C=O) groups excluding carboxylic acids is 2. The fourth-order valence-electron chi connectivity index (χ4n) is 3.70. The predicted molar refractivity (Wildman–Crippen MR) is 113 cm³/mol. The minimum atomic E-state index is -3.61. The first-order chi connectivity index (χ1) is 14.4. The van der Waals surface area contributed by atoms with Crippen LogP contribution in [0.3, 0.4) is 0 Å². The first-order valence-electron chi connectivity index (χ1n) is 9.65. The number of fused-ring (bicyclic) bond motifs is 1. The summed E-state index contributed by atoms with van der Waals surface area (Å²) in [7, 11) is -2.32. The van der Waals surface area contributed by atoms with Gasteiger partial charge in [-0.15, -0.1) is 4.40 Å². The quantitative estimate of drug-likeness (QED) is 0.721. The highest BCUT2D eigenvalue weighted by Gasteiger charge is 2.30. The van der Waals surface area contributed by atoms with Gasteiger partial charge in [-0.2, -0.15) is 0 Å². The van der Waals surface area contributed by atoms with E-state index in [9.17, 15) is 18.0 Å². The second-order valence-electron chi connectivity index (χ2n) is 7.19. The lowest BCUT2D eigenvalue weighted by molar-refractivity contribution is -0.112. The highest BCUT2D eigenvalue weighted by Crippen LogP contribution is 2.31. The third kappa shape index (κ3) is 3.95. The van der Waals surface area contributed by atoms with E-state index >= 15 is 0 Å². The lowest BCUT2D eigenvalue weighted by Gasteiger charge is -2.29. The molecule has 0 atom stereocenters. The third-order valence-corrected chi connectivity index (χ3v) is 6.36. The van der Waals surface area contributed by atoms with E-state index in [1.807, 2.05) is 0 Å². The Morgan fingerprint density at radius 2 is 1.93 bits per heavy atom. The number of carbonyl (C=O) groups is 2. The van der Waals surface area contributed by atoms with Gasteiger partial charge >= 0.3 is 5.97 Å². The summed E-state index contributed by atoms with van der Waals surface area (Å²) in [6, 6.07) is 5.03. The molecule has 30 heavy (non-hydrogen) atoms. The lowest BCUT2D eigenvalue weighted by atomic mass is 10.1. The van der Waals surface area contributed by atoms with Gasteiger partial charge in [-0.25, -0.2) is 13.2 Å². The average molecular weight is 430 g/mol. The minimum Gasteiger partial charge on any atom is -0.465 e. The molecule has 0 aliphatic carbocycles. The van der Waals surface area contributed by atoms with Crippen LogP contribution in [0.4, 0.5) is 11.4 Å². The molecular formula is C20H22N4O5S. The summed E-state index contributed by atoms with van der Waals surface area (Å²) in [4.78, 5) is 28.9. The summed E-state index contributed by atoms with van der Waals surface area (Å²) in [5.74, 6) is -1.00. The van der Waals surface area contributed by atoms with Crippen molar-refractivity contribution in [2.75, 3.05) is 42.7 Å². The monoisotopic (exact) mass is 430 g/mol. The van der Waals surface area contributed by atoms with E-state index in [0.29, 0.717) is 11.3 Å². The van der Waals surface area contributed by atoms with Gasteiger partial charge in [0.25, 0.3) is 15.9 Å². The molecule has 0 spiro atoms. The summed E-state index contributed by atoms with van der Waals surface area (Å²) in [5.41, 5.74) is 1.73. The van der Waals surface area contributed by atoms with E-state index < -0.39 is 21.9 Å². The van der Waals surface area contributed by atoms with Crippen molar-refractivity contribution in [1.29, 1.82) is 0 Å². The zero-order chi connectivity index (χ0) is 21.3. The van der Waals surface area contributed by atoms with Crippen LogP contribution in [-0.4, -0.2) is 63.5 Å². The predicted octanol–water partition coefficient (Wildman–Crippen LogP) is 1.51. The van der Waals surface area contributed by atoms with Crippen molar-refractivity contribution in [3.05, 3.63) is 47.7 Å². The van der Waals surface area contributed by atoms with Gasteiger partial charge in [-0.1, -0.05) is 0 Å². The molecule has 3 aliphatic heterocycles. The number of allylic oxidation sites excluding steroid dienone is 2. The molecule has 0 radical (unpaired) electrons. The van der Waals surface area contributed by atoms with E-state index in [1.165, 1.54) is 13.2 Å². The molecule has 158 valence electrons. The second kappa shape index (κ2) is 7.94. The fourth-order valence-corrected chi connectivity index (χ4v) is 4.68. The molecule has 1 fully saturated rings. The van der Waals surface area contributed by atoms with Crippen LogP contribution in [0.15, 0.2) is 46.5 Å². The number of methoxy groups -OCH3 is 1. The van der Waals surface area contributed by atoms with Gasteiger partial charge in [0.05, 0.1) is 35.4 Å². The fraction of sp³-hybridized carbons (Fsp3) is 0.350. The van der Waals surface area contributed by atoms with Crippen LogP contribution in [0.1, 0.15) is 23.2 Å². The summed E-state index contributed by atoms with van der Waals surface area (Å²) in [5, 5.41) is 2.84. The lowest BCUT2D eigenvalue weighted by Crippen LogP contribution is -2.41. The Bertz CT molecular complexity index is 1080. The number of esters is 1. The Morgan fingerprint density at radius 1 is 1.17 bits per heavy atom. The molecule has 0 bridgehead atoms. The Labute approximate surface area is 174 Å². The topological polar surface area (TPSA) is 108 Å². The van der Waals surface area contributed by atoms with E-state index in [0.717, 1.165) is 31.6 Å². The summed E-state index contributed by atoms with van der Waals surface area (Å²) in [6.45, 7) is 1.94. The van der Waals surface area contributed by atoms with Gasteiger partial charge in [0.15, 0.2) is 5.84 Å². The smallest absolute Gasteiger partial charge is 0.337 e. The molecule has 0 unspecified atom stereocenters. The molecule has 0 aromatic heterocycles. The number of rotatable bonds is 4. The number of nitrogens with zero attached hydrogens (tertiary/aromatic N) is 3. The van der Waals surface area contributed by atoms with Crippen LogP contribution < -0.4 is 10.2 Å². The number of amidine groups is 1. The van der Waals surface area contributed by atoms with Crippen LogP contribution in [-0.2, 0) is 19.6 Å². The minimum absolute atomic E-state index is 0.101. The van der Waals surface area contributed by atoms with Gasteiger partial charge in [0, 0.05) is 25.8 Å². The molecule has 10 heteroatoms. The Balaban J connectivity index is 1.68. The van der Waals surface area contributed by atoms with Crippen molar-refractivity contribution in [3.63, 3.8) is 0 Å². The summed E-state index contributed by atoms with van der Waals surface area (Å²) in [6.07, 6.45) is 7.00. The highest BCUT2D eigenvalue weighted by atomic mass is 32.2. The standard InChI is InChI=1S/C20H22N4O5S/c1-29-20(26)14-6-7-17(23-8-2-3-9-23)16(13-14)21-19(25)15-5-4-10-24-11-12-30(27,28)22-18(15)24/h4-7,10,13H,2-3,8-9,11-12H2,1H3,(H,21,25). The Morgan fingerprint density at radius 3 is 2.67 bits per heavy atom. The number of hydrogen-bond acceptors (Lipinski definition) is 7. The Hall–Kier alpha value is -3.14. The molecular weight excluding hydrogens is 408 g/mol. The zero-order valence-corrected chi connectivity index (χ0v) is 17.3. The van der Waals surface area contributed by atoms with Gasteiger partial charge < -0.3 is 19.9 Å². The molecule has 1 N–H and O–H groups in total. The maximum atomic E-state index is 13.1. The van der Waals surface area contributed by atoms with Crippen molar-refractivity contribution in [2.45, 2.75) is 12.8 Å². The van der Waals surface area contributed by atoms with Crippen LogP contribution in [0.5, 0.6) is 0 Å². The Kier molecular flexibility index (Phi) is 5.33. The molecule has 3 aliphatic rings. The van der Waals surface area contributed by atoms with Crippen molar-refractivity contribution < 1.29 is 22.7 Å². The van der Waals surface area contributed by atoms with Crippen molar-refractivity contribution >= 4 is 39.1 Å². The molecule has 4 rings (SSSR count). The van der Waals surface area contributed by atoms with Gasteiger partial charge in [0.2, 0.25) is 0 Å². The van der Waals surface area contributed by atoms with Crippen molar-refractivity contribution in [3.8, 4) is 0 Å². The molecule has 3 heterocycles. The maximum Gasteiger partial charge on any atom is 0.337 e. The first-order valence-corrected chi connectivity index (χ1v) is 11.3. The maximum absolute atomic E-state index is 13.1. The first kappa shape index (κ1) is 20.1. The average Bonchev–Trinajstić information content (AvgIpc) is 3.26. The largest absolute Gasteiger partial charge is 0.465 e. The van der Waals surface area contributed by atoms with Crippen LogP contribution in [0.2, 0.25) is 0 Å². The van der Waals surface area contributed by atoms with E-state index in [4.69, 9.17) is 4.74 Å². The third-order valence-electron chi connectivity index (χ3n) is 5.21. The van der Waals surface area contributed by atoms with Gasteiger partial charge in [-0.3, -0.25) is 4.79 Å². The molecule has 1 saturated heterocycles. The molecule has 0 saturated carbocycles. The number of hydrogen-bond donors (Lipinski definition) is 1. The van der Waals surface area contributed by atoms with E-state index in [-0.39, 0.29) is 23.7 Å². The zero-order valence-electron chi connectivity index (χ0n) is 16.5. The summed E-state index contributed by atoms with van der Waals surface area (Å²) < 4.78 is 32.5. The van der Waals surface area contributed by atoms with Gasteiger partial charge in [-0.05, 0) is 43.2 Å². The number of benzene rings is 1. The van der Waals surface area contributed by atoms with Gasteiger partial charge in [0.1, 0.15) is 0 Å². The highest BCUT2D eigenvalue weighted by molar-refractivity contribution is 7.90. The van der Waals surface area contributed by atoms with Crippen LogP contribution >= 0.6 is 0 Å². The van der Waals surface area contributed by atoms with Crippen LogP contribution in [0, 0.1) is 0 Å². The number of nitrogens with one attached hydrogen (secondary N) is 1. The molecule has 1 amide bonds. The molecule has 1 aromatic rings.